The number of hydrogen-bond donors (Lipinski definition) is 5. The number of rotatable bonds is 55. The molecule has 0 fully saturated rings. The van der Waals surface area contributed by atoms with Crippen LogP contribution >= 0.6 is 11.8 Å². The van der Waals surface area contributed by atoms with Gasteiger partial charge in [-0.2, -0.15) is 11.8 Å². The number of ether oxygens (including phenoxy) is 2. The molecule has 4 amide bonds. The van der Waals surface area contributed by atoms with E-state index < -0.39 is 55.5 Å². The lowest BCUT2D eigenvalue weighted by atomic mass is 10.0. The van der Waals surface area contributed by atoms with Crippen molar-refractivity contribution in [2.45, 2.75) is 290 Å². The molecule has 0 unspecified atom stereocenters. The Labute approximate surface area is 448 Å². The van der Waals surface area contributed by atoms with Gasteiger partial charge in [-0.05, 0) is 19.3 Å². The summed E-state index contributed by atoms with van der Waals surface area (Å²) in [6, 6.07) is -1.03. The molecule has 0 radical (unpaired) electrons. The predicted molar refractivity (Wildman–Crippen MR) is 298 cm³/mol. The average Bonchev–Trinajstić information content (AvgIpc) is 3.37. The van der Waals surface area contributed by atoms with E-state index in [1.54, 1.807) is 0 Å². The summed E-state index contributed by atoms with van der Waals surface area (Å²) < 4.78 is 11.5. The van der Waals surface area contributed by atoms with Gasteiger partial charge in [0.15, 0.2) is 0 Å². The molecule has 426 valence electrons. The van der Waals surface area contributed by atoms with Gasteiger partial charge in [0, 0.05) is 30.8 Å². The predicted octanol–water partition coefficient (Wildman–Crippen LogP) is 12.8. The molecule has 2 atom stereocenters. The van der Waals surface area contributed by atoms with Crippen molar-refractivity contribution in [1.29, 1.82) is 0 Å². The first-order valence-electron chi connectivity index (χ1n) is 29.8. The molecular formula is C58H108N4O10S. The molecule has 5 N–H and O–H groups in total. The van der Waals surface area contributed by atoms with Crippen molar-refractivity contribution in [2.75, 3.05) is 37.7 Å². The van der Waals surface area contributed by atoms with Crippen LogP contribution in [0.25, 0.3) is 0 Å². The second-order valence-electron chi connectivity index (χ2n) is 20.4. The van der Waals surface area contributed by atoms with Crippen molar-refractivity contribution in [3.63, 3.8) is 0 Å². The van der Waals surface area contributed by atoms with Crippen LogP contribution in [-0.2, 0) is 43.0 Å². The van der Waals surface area contributed by atoms with E-state index in [0.29, 0.717) is 19.3 Å². The quantitative estimate of drug-likeness (QED) is 0.0286. The number of carboxylic acid groups (broad SMARTS) is 1. The summed E-state index contributed by atoms with van der Waals surface area (Å²) in [5.74, 6) is -3.89. The number of unbranched alkanes of at least 4 members (excludes halogenated alkanes) is 34. The van der Waals surface area contributed by atoms with Gasteiger partial charge in [0.1, 0.15) is 25.3 Å². The molecular weight excluding hydrogens is 945 g/mol. The molecule has 0 aromatic heterocycles. The lowest BCUT2D eigenvalue weighted by molar-refractivity contribution is -0.157. The molecule has 15 heteroatoms. The van der Waals surface area contributed by atoms with Crippen LogP contribution < -0.4 is 21.3 Å². The average molecular weight is 1050 g/mol. The van der Waals surface area contributed by atoms with E-state index in [2.05, 4.69) is 42.0 Å². The van der Waals surface area contributed by atoms with E-state index >= 15 is 0 Å². The Morgan fingerprint density at radius 1 is 0.397 bits per heavy atom. The summed E-state index contributed by atoms with van der Waals surface area (Å²) in [4.78, 5) is 87.8. The summed E-state index contributed by atoms with van der Waals surface area (Å²) in [6.45, 7) is 5.05. The van der Waals surface area contributed by atoms with E-state index in [-0.39, 0.29) is 48.8 Å². The van der Waals surface area contributed by atoms with Crippen LogP contribution in [0.2, 0.25) is 0 Å². The van der Waals surface area contributed by atoms with Gasteiger partial charge in [-0.25, -0.2) is 0 Å². The highest BCUT2D eigenvalue weighted by Crippen LogP contribution is 2.17. The Bertz CT molecular complexity index is 1390. The number of nitrogens with one attached hydrogen (secondary N) is 4. The standard InChI is InChI=1S/C58H108N4O10S/c1-4-7-10-13-16-19-22-24-27-30-33-36-39-42-56(68)71-47-50(72-57(69)43-40-37-34-31-28-25-23-20-17-14-11-8-5-2)48-73-49-51(58(70)61-45-54(65)59-44-53(64)60-46-55(66)67)62-52(63)41-38-35-32-29-26-21-18-15-12-9-6-3/h50-51H,4-49H2,1-3H3,(H,59,65)(H,60,64)(H,61,70)(H,62,63)(H,66,67)/t50-,51+/m1/s1. The number of amides is 4. The van der Waals surface area contributed by atoms with Gasteiger partial charge >= 0.3 is 17.9 Å². The van der Waals surface area contributed by atoms with Crippen molar-refractivity contribution < 1.29 is 48.1 Å². The smallest absolute Gasteiger partial charge is 0.322 e. The highest BCUT2D eigenvalue weighted by Gasteiger charge is 2.24. The normalized spacial score (nSPS) is 11.9. The van der Waals surface area contributed by atoms with E-state index in [1.807, 2.05) is 0 Å². The lowest BCUT2D eigenvalue weighted by Crippen LogP contribution is -2.51. The fourth-order valence-corrected chi connectivity index (χ4v) is 9.71. The minimum absolute atomic E-state index is 0.0921. The van der Waals surface area contributed by atoms with Crippen LogP contribution in [0.4, 0.5) is 0 Å². The largest absolute Gasteiger partial charge is 0.480 e. The molecule has 0 aliphatic rings. The number of carbonyl (C=O) groups is 7. The maximum absolute atomic E-state index is 13.5. The summed E-state index contributed by atoms with van der Waals surface area (Å²) in [6.07, 6.45) is 43.8. The second-order valence-corrected chi connectivity index (χ2v) is 21.5. The Morgan fingerprint density at radius 3 is 1.14 bits per heavy atom. The van der Waals surface area contributed by atoms with Gasteiger partial charge in [0.2, 0.25) is 23.6 Å². The van der Waals surface area contributed by atoms with E-state index in [0.717, 1.165) is 57.8 Å². The second kappa shape index (κ2) is 53.5. The van der Waals surface area contributed by atoms with Crippen LogP contribution in [0.3, 0.4) is 0 Å². The molecule has 0 saturated heterocycles. The summed E-state index contributed by atoms with van der Waals surface area (Å²) >= 11 is 1.28. The van der Waals surface area contributed by atoms with Gasteiger partial charge in [0.25, 0.3) is 0 Å². The van der Waals surface area contributed by atoms with Crippen LogP contribution in [-0.4, -0.2) is 96.5 Å². The number of carboxylic acids is 1. The Kier molecular flexibility index (Phi) is 51.0. The first-order chi connectivity index (χ1) is 35.5. The third-order valence-electron chi connectivity index (χ3n) is 13.3. The summed E-state index contributed by atoms with van der Waals surface area (Å²) in [7, 11) is 0. The van der Waals surface area contributed by atoms with Crippen molar-refractivity contribution >= 4 is 53.3 Å². The van der Waals surface area contributed by atoms with E-state index in [4.69, 9.17) is 14.6 Å². The van der Waals surface area contributed by atoms with Crippen LogP contribution in [0.1, 0.15) is 278 Å². The number of carbonyl (C=O) groups excluding carboxylic acids is 6. The molecule has 0 saturated carbocycles. The van der Waals surface area contributed by atoms with Crippen LogP contribution in [0, 0.1) is 0 Å². The number of aliphatic carboxylic acids is 1. The molecule has 0 aliphatic carbocycles. The Balaban J connectivity index is 5.32. The van der Waals surface area contributed by atoms with Crippen molar-refractivity contribution in [3.05, 3.63) is 0 Å². The SMILES string of the molecule is CCCCCCCCCCCCCCCC(=O)OC[C@H](CSC[C@H](NC(=O)CCCCCCCCCCCCC)C(=O)NCC(=O)NCC(=O)NCC(=O)O)OC(=O)CCCCCCCCCCCCCCC. The number of thioether (sulfide) groups is 1. The molecule has 0 spiro atoms. The zero-order valence-corrected chi connectivity index (χ0v) is 47.5. The van der Waals surface area contributed by atoms with Gasteiger partial charge in [0.05, 0.1) is 13.1 Å². The Hall–Kier alpha value is -3.36. The molecule has 0 aromatic rings. The molecule has 73 heavy (non-hydrogen) atoms. The highest BCUT2D eigenvalue weighted by atomic mass is 32.2. The maximum atomic E-state index is 13.5. The number of esters is 2. The first-order valence-corrected chi connectivity index (χ1v) is 30.9. The van der Waals surface area contributed by atoms with Gasteiger partial charge < -0.3 is 35.8 Å². The lowest BCUT2D eigenvalue weighted by Gasteiger charge is -2.21. The fraction of sp³-hybridized carbons (Fsp3) is 0.879. The van der Waals surface area contributed by atoms with Gasteiger partial charge in [-0.15, -0.1) is 0 Å². The molecule has 0 heterocycles. The monoisotopic (exact) mass is 1050 g/mol. The van der Waals surface area contributed by atoms with E-state index in [9.17, 15) is 33.6 Å². The summed E-state index contributed by atoms with van der Waals surface area (Å²) in [5, 5.41) is 18.6. The third kappa shape index (κ3) is 50.6. The minimum atomic E-state index is -1.22. The molecule has 0 aromatic carbocycles. The fourth-order valence-electron chi connectivity index (χ4n) is 8.68. The summed E-state index contributed by atoms with van der Waals surface area (Å²) in [5.41, 5.74) is 0. The minimum Gasteiger partial charge on any atom is -0.480 e. The third-order valence-corrected chi connectivity index (χ3v) is 14.4. The van der Waals surface area contributed by atoms with E-state index in [1.165, 1.54) is 179 Å². The van der Waals surface area contributed by atoms with Crippen molar-refractivity contribution in [3.8, 4) is 0 Å². The zero-order valence-electron chi connectivity index (χ0n) is 46.7. The van der Waals surface area contributed by atoms with Crippen molar-refractivity contribution in [1.82, 2.24) is 21.3 Å². The zero-order chi connectivity index (χ0) is 53.7. The topological polar surface area (TPSA) is 206 Å². The molecule has 0 rings (SSSR count). The Morgan fingerprint density at radius 2 is 0.740 bits per heavy atom. The molecule has 0 aliphatic heterocycles. The van der Waals surface area contributed by atoms with Crippen LogP contribution in [0.15, 0.2) is 0 Å². The van der Waals surface area contributed by atoms with Crippen molar-refractivity contribution in [2.24, 2.45) is 0 Å². The molecule has 14 nitrogen and oxygen atoms in total. The van der Waals surface area contributed by atoms with Crippen LogP contribution in [0.5, 0.6) is 0 Å². The maximum Gasteiger partial charge on any atom is 0.322 e. The van der Waals surface area contributed by atoms with Gasteiger partial charge in [-0.1, -0.05) is 239 Å². The number of hydrogen-bond acceptors (Lipinski definition) is 10. The molecule has 0 bridgehead atoms. The highest BCUT2D eigenvalue weighted by molar-refractivity contribution is 7.99. The van der Waals surface area contributed by atoms with Gasteiger partial charge in [-0.3, -0.25) is 33.6 Å². The first kappa shape index (κ1) is 69.6.